The van der Waals surface area contributed by atoms with Gasteiger partial charge in [0.1, 0.15) is 20.3 Å². The van der Waals surface area contributed by atoms with Crippen LogP contribution in [-0.2, 0) is 47.1 Å². The standard InChI is InChI=1S/C24H40B2N5O10P/c1-19(32)6-7-24(37)39-18-29-21(34)17-30(22(35)14-25-2)10-9-28-20(33)16-31(23(36)15-26-3)11-13-41-42(4,38)40-12-5-8-27/h5-7,9-18H2,1-4H3,(H,28,33)(H,29,34). The van der Waals surface area contributed by atoms with E-state index in [-0.39, 0.29) is 95.4 Å². The first-order valence-corrected chi connectivity index (χ1v) is 15.4. The van der Waals surface area contributed by atoms with Crippen molar-refractivity contribution in [1.82, 2.24) is 20.4 Å². The van der Waals surface area contributed by atoms with Gasteiger partial charge in [0, 0.05) is 32.7 Å². The lowest BCUT2D eigenvalue weighted by Crippen LogP contribution is -2.47. The number of Topliss-reactive ketones (excluding diaryl/α,β-unsaturated/α-hetero) is 1. The summed E-state index contributed by atoms with van der Waals surface area (Å²) in [7, 11) is -0.205. The lowest BCUT2D eigenvalue weighted by Gasteiger charge is -2.24. The molecule has 0 aliphatic heterocycles. The van der Waals surface area contributed by atoms with Gasteiger partial charge in [-0.25, -0.2) is 0 Å². The summed E-state index contributed by atoms with van der Waals surface area (Å²) in [6.07, 6.45) is 0.0867. The molecule has 0 heterocycles. The van der Waals surface area contributed by atoms with Gasteiger partial charge < -0.3 is 39.0 Å². The first-order valence-electron chi connectivity index (χ1n) is 13.4. The first-order chi connectivity index (χ1) is 19.8. The van der Waals surface area contributed by atoms with E-state index in [0.717, 1.165) is 0 Å². The van der Waals surface area contributed by atoms with E-state index in [2.05, 4.69) is 10.6 Å². The third-order valence-corrected chi connectivity index (χ3v) is 6.55. The lowest BCUT2D eigenvalue weighted by atomic mass is 9.77. The van der Waals surface area contributed by atoms with Gasteiger partial charge in [0.2, 0.25) is 23.6 Å². The average Bonchev–Trinajstić information content (AvgIpc) is 2.91. The maximum atomic E-state index is 12.6. The van der Waals surface area contributed by atoms with Gasteiger partial charge in [-0.2, -0.15) is 5.26 Å². The Hall–Kier alpha value is -3.21. The van der Waals surface area contributed by atoms with Crippen molar-refractivity contribution in [3.63, 3.8) is 0 Å². The minimum atomic E-state index is -3.44. The third kappa shape index (κ3) is 19.8. The monoisotopic (exact) mass is 611 g/mol. The van der Waals surface area contributed by atoms with Crippen LogP contribution in [0.2, 0.25) is 26.3 Å². The average molecular weight is 611 g/mol. The van der Waals surface area contributed by atoms with E-state index < -0.39 is 32.1 Å². The molecule has 0 aliphatic carbocycles. The number of hydrogen-bond acceptors (Lipinski definition) is 11. The number of hydrogen-bond donors (Lipinski definition) is 2. The Bertz CT molecular complexity index is 1010. The van der Waals surface area contributed by atoms with Crippen LogP contribution in [0.15, 0.2) is 0 Å². The second-order valence-corrected chi connectivity index (χ2v) is 11.1. The molecular weight excluding hydrogens is 571 g/mol. The number of ether oxygens (including phenoxy) is 1. The van der Waals surface area contributed by atoms with E-state index in [0.29, 0.717) is 0 Å². The Morgan fingerprint density at radius 2 is 1.40 bits per heavy atom. The van der Waals surface area contributed by atoms with Crippen LogP contribution in [0.5, 0.6) is 0 Å². The summed E-state index contributed by atoms with van der Waals surface area (Å²) in [5.41, 5.74) is 0. The van der Waals surface area contributed by atoms with Crippen molar-refractivity contribution in [2.45, 2.75) is 52.5 Å². The van der Waals surface area contributed by atoms with Crippen molar-refractivity contribution in [2.75, 3.05) is 59.3 Å². The molecule has 232 valence electrons. The molecule has 0 spiro atoms. The molecule has 0 aromatic heterocycles. The van der Waals surface area contributed by atoms with E-state index in [1.807, 2.05) is 6.07 Å². The maximum Gasteiger partial charge on any atom is 0.327 e. The van der Waals surface area contributed by atoms with Crippen molar-refractivity contribution < 1.29 is 47.1 Å². The number of ketones is 1. The highest BCUT2D eigenvalue weighted by atomic mass is 31.2. The summed E-state index contributed by atoms with van der Waals surface area (Å²) in [5, 5.41) is 13.5. The summed E-state index contributed by atoms with van der Waals surface area (Å²) in [6.45, 7) is 4.55. The van der Waals surface area contributed by atoms with Crippen molar-refractivity contribution in [1.29, 1.82) is 5.26 Å². The Labute approximate surface area is 248 Å². The first kappa shape index (κ1) is 38.8. The summed E-state index contributed by atoms with van der Waals surface area (Å²) in [5.74, 6) is -2.66. The Balaban J connectivity index is 4.86. The van der Waals surface area contributed by atoms with Crippen LogP contribution in [0, 0.1) is 11.3 Å². The zero-order chi connectivity index (χ0) is 32.0. The summed E-state index contributed by atoms with van der Waals surface area (Å²) >= 11 is 0. The smallest absolute Gasteiger partial charge is 0.327 e. The van der Waals surface area contributed by atoms with Crippen molar-refractivity contribution in [3.05, 3.63) is 0 Å². The number of amides is 4. The van der Waals surface area contributed by atoms with Gasteiger partial charge in [0.05, 0.1) is 45.2 Å². The quantitative estimate of drug-likeness (QED) is 0.0512. The van der Waals surface area contributed by atoms with Gasteiger partial charge in [-0.1, -0.05) is 13.6 Å². The van der Waals surface area contributed by atoms with E-state index in [9.17, 15) is 33.3 Å². The predicted molar refractivity (Wildman–Crippen MR) is 154 cm³/mol. The molecule has 18 heteroatoms. The molecule has 1 unspecified atom stereocenters. The SMILES string of the molecule is C[B]CC(=O)N(CCOP(C)(=O)OCCC#N)CC(=O)NCCN(CC(=O)NCOC(=O)CCC(C)=O)C(=O)C[B]C. The highest BCUT2D eigenvalue weighted by Crippen LogP contribution is 2.43. The van der Waals surface area contributed by atoms with Gasteiger partial charge in [0.15, 0.2) is 6.73 Å². The molecule has 0 aromatic carbocycles. The van der Waals surface area contributed by atoms with Crippen LogP contribution >= 0.6 is 7.60 Å². The van der Waals surface area contributed by atoms with Crippen LogP contribution in [0.25, 0.3) is 0 Å². The highest BCUT2D eigenvalue weighted by Gasteiger charge is 2.21. The highest BCUT2D eigenvalue weighted by molar-refractivity contribution is 7.52. The fourth-order valence-corrected chi connectivity index (χ4v) is 4.05. The van der Waals surface area contributed by atoms with E-state index >= 15 is 0 Å². The third-order valence-electron chi connectivity index (χ3n) is 5.25. The summed E-state index contributed by atoms with van der Waals surface area (Å²) in [4.78, 5) is 74.7. The predicted octanol–water partition coefficient (Wildman–Crippen LogP) is -0.143. The van der Waals surface area contributed by atoms with Gasteiger partial charge in [-0.3, -0.25) is 28.5 Å². The number of rotatable bonds is 23. The van der Waals surface area contributed by atoms with Gasteiger partial charge in [-0.15, -0.1) is 0 Å². The molecule has 0 aromatic rings. The topological polar surface area (TPSA) is 202 Å². The molecule has 0 bridgehead atoms. The van der Waals surface area contributed by atoms with Crippen LogP contribution < -0.4 is 10.6 Å². The van der Waals surface area contributed by atoms with Crippen molar-refractivity contribution >= 4 is 57.5 Å². The minimum Gasteiger partial charge on any atom is -0.444 e. The van der Waals surface area contributed by atoms with Crippen LogP contribution in [-0.4, -0.2) is 119 Å². The normalized spacial score (nSPS) is 11.7. The largest absolute Gasteiger partial charge is 0.444 e. The van der Waals surface area contributed by atoms with Crippen molar-refractivity contribution in [3.8, 4) is 6.07 Å². The maximum absolute atomic E-state index is 12.6. The second kappa shape index (κ2) is 22.4. The Morgan fingerprint density at radius 3 is 1.95 bits per heavy atom. The fourth-order valence-electron chi connectivity index (χ4n) is 3.14. The molecule has 4 amide bonds. The summed E-state index contributed by atoms with van der Waals surface area (Å²) < 4.78 is 27.4. The van der Waals surface area contributed by atoms with E-state index in [4.69, 9.17) is 19.0 Å². The second-order valence-electron chi connectivity index (χ2n) is 9.01. The van der Waals surface area contributed by atoms with Gasteiger partial charge in [-0.05, 0) is 19.6 Å². The molecule has 2 radical (unpaired) electrons. The zero-order valence-corrected chi connectivity index (χ0v) is 25.6. The fraction of sp³-hybridized carbons (Fsp3) is 0.708. The number of carbonyl (C=O) groups excluding carboxylic acids is 6. The van der Waals surface area contributed by atoms with Crippen LogP contribution in [0.1, 0.15) is 26.2 Å². The van der Waals surface area contributed by atoms with Crippen LogP contribution in [0.4, 0.5) is 0 Å². The number of nitrogens with zero attached hydrogens (tertiary/aromatic N) is 3. The number of nitrogens with one attached hydrogen (secondary N) is 2. The number of carbonyl (C=O) groups is 6. The van der Waals surface area contributed by atoms with Crippen molar-refractivity contribution in [2.24, 2.45) is 0 Å². The van der Waals surface area contributed by atoms with Gasteiger partial charge >= 0.3 is 13.6 Å². The molecule has 1 atom stereocenters. The molecule has 0 fully saturated rings. The molecule has 0 aliphatic rings. The van der Waals surface area contributed by atoms with E-state index in [1.165, 1.54) is 23.4 Å². The van der Waals surface area contributed by atoms with Gasteiger partial charge in [0.25, 0.3) is 0 Å². The van der Waals surface area contributed by atoms with E-state index in [1.54, 1.807) is 28.2 Å². The number of esters is 1. The molecule has 42 heavy (non-hydrogen) atoms. The molecular formula is C24H40B2N5O10P. The molecule has 0 rings (SSSR count). The lowest BCUT2D eigenvalue weighted by molar-refractivity contribution is -0.147. The zero-order valence-electron chi connectivity index (χ0n) is 24.7. The molecule has 15 nitrogen and oxygen atoms in total. The Kier molecular flexibility index (Phi) is 20.7. The summed E-state index contributed by atoms with van der Waals surface area (Å²) in [6, 6.07) is 1.86. The Morgan fingerprint density at radius 1 is 0.857 bits per heavy atom. The minimum absolute atomic E-state index is 0.0108. The molecule has 2 N–H and O–H groups in total. The number of nitriles is 1. The van der Waals surface area contributed by atoms with Crippen LogP contribution in [0.3, 0.4) is 0 Å². The molecule has 0 saturated carbocycles. The molecule has 0 saturated heterocycles.